The van der Waals surface area contributed by atoms with Crippen LogP contribution < -0.4 is 4.90 Å². The fourth-order valence-corrected chi connectivity index (χ4v) is 2.13. The minimum absolute atomic E-state index is 0.825. The molecule has 2 rings (SSSR count). The topological polar surface area (TPSA) is 3.24 Å². The fourth-order valence-electron chi connectivity index (χ4n) is 2.13. The normalized spacial score (nSPS) is 9.83. The molecule has 1 nitrogen and oxygen atoms in total. The Kier molecular flexibility index (Phi) is 3.69. The molecular weight excluding hydrogens is 218 g/mol. The van der Waals surface area contributed by atoms with E-state index in [2.05, 4.69) is 55.1 Å². The van der Waals surface area contributed by atoms with E-state index in [0.717, 1.165) is 12.1 Å². The number of anilines is 1. The highest BCUT2D eigenvalue weighted by molar-refractivity contribution is 5.53. The van der Waals surface area contributed by atoms with Gasteiger partial charge in [-0.1, -0.05) is 42.3 Å². The van der Waals surface area contributed by atoms with Gasteiger partial charge in [-0.15, -0.1) is 6.42 Å². The van der Waals surface area contributed by atoms with Crippen molar-refractivity contribution < 1.29 is 0 Å². The van der Waals surface area contributed by atoms with Crippen LogP contribution in [-0.2, 0) is 6.54 Å². The predicted molar refractivity (Wildman–Crippen MR) is 77.7 cm³/mol. The maximum absolute atomic E-state index is 5.53. The van der Waals surface area contributed by atoms with E-state index in [4.69, 9.17) is 6.42 Å². The average Bonchev–Trinajstić information content (AvgIpc) is 2.39. The summed E-state index contributed by atoms with van der Waals surface area (Å²) < 4.78 is 0. The number of terminal acetylenes is 1. The number of nitrogens with zero attached hydrogens (tertiary/aromatic N) is 1. The van der Waals surface area contributed by atoms with Crippen molar-refractivity contribution in [2.24, 2.45) is 0 Å². The number of para-hydroxylation sites is 1. The Hall–Kier alpha value is -2.20. The third-order valence-electron chi connectivity index (χ3n) is 3.11. The number of hydrogen-bond acceptors (Lipinski definition) is 1. The van der Waals surface area contributed by atoms with Gasteiger partial charge in [-0.2, -0.15) is 0 Å². The second-order valence-electron chi connectivity index (χ2n) is 4.44. The molecule has 18 heavy (non-hydrogen) atoms. The lowest BCUT2D eigenvalue weighted by Crippen LogP contribution is -2.18. The Bertz CT molecular complexity index is 578. The smallest absolute Gasteiger partial charge is 0.0438 e. The summed E-state index contributed by atoms with van der Waals surface area (Å²) in [5, 5.41) is 0. The zero-order valence-electron chi connectivity index (χ0n) is 10.9. The third-order valence-corrected chi connectivity index (χ3v) is 3.11. The van der Waals surface area contributed by atoms with Crippen LogP contribution in [0, 0.1) is 19.3 Å². The van der Waals surface area contributed by atoms with E-state index in [9.17, 15) is 0 Å². The standard InChI is InChI=1S/C17H17N/c1-4-15-10-6-7-11-16(15)13-18(3)17-12-8-5-9-14(17)2/h1,5-12H,13H2,2-3H3. The first-order chi connectivity index (χ1) is 8.72. The Morgan fingerprint density at radius 1 is 1.06 bits per heavy atom. The van der Waals surface area contributed by atoms with Gasteiger partial charge in [0.05, 0.1) is 0 Å². The lowest BCUT2D eigenvalue weighted by molar-refractivity contribution is 0.915. The Morgan fingerprint density at radius 3 is 2.44 bits per heavy atom. The lowest BCUT2D eigenvalue weighted by atomic mass is 10.1. The number of hydrogen-bond donors (Lipinski definition) is 0. The van der Waals surface area contributed by atoms with E-state index in [0.29, 0.717) is 0 Å². The van der Waals surface area contributed by atoms with Gasteiger partial charge >= 0.3 is 0 Å². The van der Waals surface area contributed by atoms with Gasteiger partial charge < -0.3 is 4.90 Å². The van der Waals surface area contributed by atoms with E-state index in [1.54, 1.807) is 0 Å². The Morgan fingerprint density at radius 2 is 1.72 bits per heavy atom. The summed E-state index contributed by atoms with van der Waals surface area (Å²) in [6, 6.07) is 16.5. The Labute approximate surface area is 109 Å². The number of rotatable bonds is 3. The molecule has 0 unspecified atom stereocenters. The molecule has 0 aliphatic carbocycles. The molecule has 0 spiro atoms. The predicted octanol–water partition coefficient (Wildman–Crippen LogP) is 3.61. The van der Waals surface area contributed by atoms with Crippen LogP contribution in [0.15, 0.2) is 48.5 Å². The summed E-state index contributed by atoms with van der Waals surface area (Å²) in [5.41, 5.74) is 4.67. The van der Waals surface area contributed by atoms with Crippen LogP contribution in [0.25, 0.3) is 0 Å². The molecule has 0 atom stereocenters. The average molecular weight is 235 g/mol. The Balaban J connectivity index is 2.25. The molecule has 90 valence electrons. The molecular formula is C17H17N. The summed E-state index contributed by atoms with van der Waals surface area (Å²) in [5.74, 6) is 2.74. The molecule has 0 saturated carbocycles. The van der Waals surface area contributed by atoms with Crippen molar-refractivity contribution in [3.05, 3.63) is 65.2 Å². The molecule has 0 bridgehead atoms. The summed E-state index contributed by atoms with van der Waals surface area (Å²) in [4.78, 5) is 2.23. The molecule has 0 amide bonds. The second-order valence-corrected chi connectivity index (χ2v) is 4.44. The highest BCUT2D eigenvalue weighted by atomic mass is 15.1. The quantitative estimate of drug-likeness (QED) is 0.735. The lowest BCUT2D eigenvalue weighted by Gasteiger charge is -2.22. The van der Waals surface area contributed by atoms with Crippen molar-refractivity contribution in [3.63, 3.8) is 0 Å². The minimum Gasteiger partial charge on any atom is -0.370 e. The summed E-state index contributed by atoms with van der Waals surface area (Å²) in [7, 11) is 2.09. The molecule has 0 N–H and O–H groups in total. The molecule has 0 radical (unpaired) electrons. The first-order valence-electron chi connectivity index (χ1n) is 6.03. The highest BCUT2D eigenvalue weighted by Gasteiger charge is 2.06. The van der Waals surface area contributed by atoms with Crippen LogP contribution in [0.2, 0.25) is 0 Å². The monoisotopic (exact) mass is 235 g/mol. The van der Waals surface area contributed by atoms with Crippen molar-refractivity contribution in [3.8, 4) is 12.3 Å². The first kappa shape index (κ1) is 12.3. The maximum atomic E-state index is 5.53. The molecule has 0 aliphatic rings. The molecule has 1 heteroatoms. The molecule has 0 aliphatic heterocycles. The number of aryl methyl sites for hydroxylation is 1. The van der Waals surface area contributed by atoms with Crippen molar-refractivity contribution in [2.75, 3.05) is 11.9 Å². The van der Waals surface area contributed by atoms with E-state index in [-0.39, 0.29) is 0 Å². The van der Waals surface area contributed by atoms with Gasteiger partial charge in [-0.05, 0) is 30.2 Å². The highest BCUT2D eigenvalue weighted by Crippen LogP contribution is 2.20. The number of benzene rings is 2. The zero-order chi connectivity index (χ0) is 13.0. The minimum atomic E-state index is 0.825. The van der Waals surface area contributed by atoms with Crippen LogP contribution in [0.4, 0.5) is 5.69 Å². The van der Waals surface area contributed by atoms with Crippen molar-refractivity contribution in [1.82, 2.24) is 0 Å². The fraction of sp³-hybridized carbons (Fsp3) is 0.176. The van der Waals surface area contributed by atoms with E-state index in [1.807, 2.05) is 18.2 Å². The van der Waals surface area contributed by atoms with Crippen LogP contribution >= 0.6 is 0 Å². The molecule has 0 aromatic heterocycles. The van der Waals surface area contributed by atoms with E-state index < -0.39 is 0 Å². The summed E-state index contributed by atoms with van der Waals surface area (Å²) >= 11 is 0. The van der Waals surface area contributed by atoms with Crippen LogP contribution in [0.5, 0.6) is 0 Å². The molecule has 0 saturated heterocycles. The van der Waals surface area contributed by atoms with Crippen molar-refractivity contribution >= 4 is 5.69 Å². The van der Waals surface area contributed by atoms with Crippen molar-refractivity contribution in [2.45, 2.75) is 13.5 Å². The summed E-state index contributed by atoms with van der Waals surface area (Å²) in [6.07, 6.45) is 5.53. The zero-order valence-corrected chi connectivity index (χ0v) is 10.9. The van der Waals surface area contributed by atoms with Gasteiger partial charge in [0.25, 0.3) is 0 Å². The summed E-state index contributed by atoms with van der Waals surface area (Å²) in [6.45, 7) is 2.95. The van der Waals surface area contributed by atoms with Crippen LogP contribution in [-0.4, -0.2) is 7.05 Å². The van der Waals surface area contributed by atoms with Gasteiger partial charge in [-0.25, -0.2) is 0 Å². The first-order valence-corrected chi connectivity index (χ1v) is 6.03. The van der Waals surface area contributed by atoms with Gasteiger partial charge in [0.2, 0.25) is 0 Å². The van der Waals surface area contributed by atoms with Crippen LogP contribution in [0.1, 0.15) is 16.7 Å². The maximum Gasteiger partial charge on any atom is 0.0438 e. The van der Waals surface area contributed by atoms with Crippen molar-refractivity contribution in [1.29, 1.82) is 0 Å². The van der Waals surface area contributed by atoms with Gasteiger partial charge in [0, 0.05) is 24.8 Å². The van der Waals surface area contributed by atoms with Gasteiger partial charge in [0.1, 0.15) is 0 Å². The van der Waals surface area contributed by atoms with Gasteiger partial charge in [-0.3, -0.25) is 0 Å². The van der Waals surface area contributed by atoms with Gasteiger partial charge in [0.15, 0.2) is 0 Å². The van der Waals surface area contributed by atoms with E-state index in [1.165, 1.54) is 16.8 Å². The SMILES string of the molecule is C#Cc1ccccc1CN(C)c1ccccc1C. The van der Waals surface area contributed by atoms with E-state index >= 15 is 0 Å². The largest absolute Gasteiger partial charge is 0.370 e. The second kappa shape index (κ2) is 5.42. The van der Waals surface area contributed by atoms with Crippen LogP contribution in [0.3, 0.4) is 0 Å². The third kappa shape index (κ3) is 2.55. The molecule has 2 aromatic carbocycles. The molecule has 0 fully saturated rings. The molecule has 2 aromatic rings. The molecule has 0 heterocycles.